The first-order valence-electron chi connectivity index (χ1n) is 7.29. The van der Waals surface area contributed by atoms with Gasteiger partial charge in [-0.2, -0.15) is 0 Å². The summed E-state index contributed by atoms with van der Waals surface area (Å²) in [6.07, 6.45) is 2.34. The van der Waals surface area contributed by atoms with E-state index in [0.717, 1.165) is 0 Å². The molecular weight excluding hydrogens is 677 g/mol. The fourth-order valence-electron chi connectivity index (χ4n) is 2.13. The van der Waals surface area contributed by atoms with Gasteiger partial charge in [-0.15, -0.1) is 0 Å². The zero-order valence-corrected chi connectivity index (χ0v) is 24.4. The van der Waals surface area contributed by atoms with E-state index >= 15 is 0 Å². The van der Waals surface area contributed by atoms with Gasteiger partial charge in [0.2, 0.25) is 16.3 Å². The molecule has 0 saturated carbocycles. The zero-order chi connectivity index (χ0) is 23.3. The molecule has 0 aliphatic carbocycles. The topological polar surface area (TPSA) is 0 Å². The molecule has 0 saturated heterocycles. The molecule has 1 aromatic rings. The van der Waals surface area contributed by atoms with Crippen molar-refractivity contribution < 1.29 is 0 Å². The average molecular weight is 686 g/mol. The minimum atomic E-state index is -2.32. The van der Waals surface area contributed by atoms with Gasteiger partial charge in [-0.25, -0.2) is 0 Å². The Morgan fingerprint density at radius 2 is 1.07 bits per heavy atom. The number of alkyl halides is 14. The van der Waals surface area contributed by atoms with Crippen LogP contribution in [0, 0.1) is 6.42 Å². The molecule has 0 aliphatic rings. The summed E-state index contributed by atoms with van der Waals surface area (Å²) in [6.45, 7) is 1.87. The predicted octanol–water partition coefficient (Wildman–Crippen LogP) is 11.0. The Balaban J connectivity index is 3.78. The van der Waals surface area contributed by atoms with E-state index in [2.05, 4.69) is 0 Å². The Bertz CT molecular complexity index is 726. The van der Waals surface area contributed by atoms with Crippen LogP contribution in [0.2, 0.25) is 0 Å². The van der Waals surface area contributed by atoms with Crippen LogP contribution in [-0.2, 0) is 8.67 Å². The maximum Gasteiger partial charge on any atom is 0.226 e. The first-order valence-corrected chi connectivity index (χ1v) is 12.6. The molecule has 0 fully saturated rings. The number of benzene rings is 1. The lowest BCUT2D eigenvalue weighted by molar-refractivity contribution is 0.678. The van der Waals surface area contributed by atoms with Crippen LogP contribution >= 0.6 is 162 Å². The molecular formula is C15H9Cl14. The summed E-state index contributed by atoms with van der Waals surface area (Å²) >= 11 is 85.9. The predicted molar refractivity (Wildman–Crippen MR) is 136 cm³/mol. The van der Waals surface area contributed by atoms with Crippen LogP contribution in [0.3, 0.4) is 0 Å². The standard InChI is InChI=1S/C15H9Cl14/c1-2-3-7-4-5-8(10(16,17)12(20,21)14(24,25)26)6-9(7)11(18,19)13(22,23)15(27,28)29/h3-6H,2H2,1H3. The van der Waals surface area contributed by atoms with Gasteiger partial charge < -0.3 is 0 Å². The highest BCUT2D eigenvalue weighted by Crippen LogP contribution is 2.63. The molecule has 0 unspecified atom stereocenters. The molecule has 14 heteroatoms. The second kappa shape index (κ2) is 10.1. The highest BCUT2D eigenvalue weighted by Gasteiger charge is 2.63. The van der Waals surface area contributed by atoms with Crippen molar-refractivity contribution in [1.82, 2.24) is 0 Å². The normalized spacial score (nSPS) is 15.0. The third kappa shape index (κ3) is 5.92. The van der Waals surface area contributed by atoms with Gasteiger partial charge in [0.15, 0.2) is 8.67 Å². The van der Waals surface area contributed by atoms with Crippen molar-refractivity contribution in [2.45, 2.75) is 38.3 Å². The summed E-state index contributed by atoms with van der Waals surface area (Å²) in [4.78, 5) is 0. The third-order valence-corrected chi connectivity index (χ3v) is 11.6. The summed E-state index contributed by atoms with van der Waals surface area (Å²) in [5, 5.41) is 0. The molecule has 1 aromatic carbocycles. The Hall–Kier alpha value is 3.28. The number of rotatable bonds is 6. The van der Waals surface area contributed by atoms with Crippen LogP contribution in [0.5, 0.6) is 0 Å². The van der Waals surface area contributed by atoms with Crippen molar-refractivity contribution in [3.8, 4) is 0 Å². The molecule has 0 N–H and O–H groups in total. The average Bonchev–Trinajstić information content (AvgIpc) is 2.52. The number of halogens is 14. The molecule has 1 radical (unpaired) electrons. The summed E-state index contributed by atoms with van der Waals surface area (Å²) in [6, 6.07) is 4.36. The van der Waals surface area contributed by atoms with Gasteiger partial charge in [0.25, 0.3) is 0 Å². The van der Waals surface area contributed by atoms with Crippen molar-refractivity contribution in [1.29, 1.82) is 0 Å². The smallest absolute Gasteiger partial charge is 0.0930 e. The van der Waals surface area contributed by atoms with E-state index in [9.17, 15) is 0 Å². The highest BCUT2D eigenvalue weighted by molar-refractivity contribution is 6.79. The van der Waals surface area contributed by atoms with E-state index in [1.165, 1.54) is 12.1 Å². The quantitative estimate of drug-likeness (QED) is 0.262. The van der Waals surface area contributed by atoms with Crippen molar-refractivity contribution in [2.24, 2.45) is 0 Å². The highest BCUT2D eigenvalue weighted by atomic mass is 35.6. The van der Waals surface area contributed by atoms with Gasteiger partial charge >= 0.3 is 0 Å². The maximum atomic E-state index is 6.50. The molecule has 29 heavy (non-hydrogen) atoms. The lowest BCUT2D eigenvalue weighted by Crippen LogP contribution is -2.46. The molecule has 0 aromatic heterocycles. The van der Waals surface area contributed by atoms with E-state index in [0.29, 0.717) is 12.0 Å². The summed E-state index contributed by atoms with van der Waals surface area (Å²) in [5.41, 5.74) is 0.643. The molecule has 0 aliphatic heterocycles. The first-order chi connectivity index (χ1) is 12.7. The Morgan fingerprint density at radius 3 is 1.45 bits per heavy atom. The Morgan fingerprint density at radius 1 is 0.655 bits per heavy atom. The van der Waals surface area contributed by atoms with E-state index in [4.69, 9.17) is 162 Å². The summed E-state index contributed by atoms with van der Waals surface area (Å²) in [7, 11) is 0. The largest absolute Gasteiger partial charge is 0.226 e. The molecule has 0 amide bonds. The van der Waals surface area contributed by atoms with Crippen LogP contribution < -0.4 is 0 Å². The fourth-order valence-corrected chi connectivity index (χ4v) is 5.11. The van der Waals surface area contributed by atoms with Crippen molar-refractivity contribution in [2.75, 3.05) is 0 Å². The minimum absolute atomic E-state index is 0.0551. The van der Waals surface area contributed by atoms with Crippen molar-refractivity contribution >= 4 is 162 Å². The van der Waals surface area contributed by atoms with Gasteiger partial charge in [0.05, 0.1) is 0 Å². The van der Waals surface area contributed by atoms with Crippen LogP contribution in [0.1, 0.15) is 30.0 Å². The van der Waals surface area contributed by atoms with E-state index < -0.39 is 24.9 Å². The van der Waals surface area contributed by atoms with Crippen LogP contribution in [0.25, 0.3) is 0 Å². The van der Waals surface area contributed by atoms with Crippen LogP contribution in [0.4, 0.5) is 0 Å². The van der Waals surface area contributed by atoms with Gasteiger partial charge in [0, 0.05) is 0 Å². The number of hydrogen-bond donors (Lipinski definition) is 0. The van der Waals surface area contributed by atoms with Gasteiger partial charge in [0.1, 0.15) is 0 Å². The first kappa shape index (κ1) is 30.3. The SMILES string of the molecule is CC[CH]c1ccc(C(Cl)(Cl)C(Cl)(Cl)C(Cl)(Cl)Cl)cc1C(Cl)(Cl)C(Cl)(Cl)C(Cl)(Cl)Cl. The molecule has 1 rings (SSSR count). The number of hydrogen-bond acceptors (Lipinski definition) is 0. The third-order valence-electron chi connectivity index (χ3n) is 3.68. The minimum Gasteiger partial charge on any atom is -0.0930 e. The Labute approximate surface area is 239 Å². The van der Waals surface area contributed by atoms with Gasteiger partial charge in [-0.05, 0) is 35.6 Å². The van der Waals surface area contributed by atoms with Gasteiger partial charge in [-0.1, -0.05) is 181 Å². The summed E-state index contributed by atoms with van der Waals surface area (Å²) in [5.74, 6) is 0. The molecule has 0 nitrogen and oxygen atoms in total. The van der Waals surface area contributed by atoms with Crippen LogP contribution in [0.15, 0.2) is 18.2 Å². The van der Waals surface area contributed by atoms with Crippen LogP contribution in [-0.4, -0.2) is 16.3 Å². The van der Waals surface area contributed by atoms with E-state index in [-0.39, 0.29) is 11.1 Å². The molecule has 0 spiro atoms. The fraction of sp³-hybridized carbons (Fsp3) is 0.533. The monoisotopic (exact) mass is 679 g/mol. The van der Waals surface area contributed by atoms with E-state index in [1.807, 2.05) is 6.92 Å². The lowest BCUT2D eigenvalue weighted by Gasteiger charge is -2.41. The maximum absolute atomic E-state index is 6.50. The molecule has 0 heterocycles. The molecule has 0 bridgehead atoms. The van der Waals surface area contributed by atoms with Gasteiger partial charge in [-0.3, -0.25) is 0 Å². The second-order valence-electron chi connectivity index (χ2n) is 5.71. The zero-order valence-electron chi connectivity index (χ0n) is 13.8. The van der Waals surface area contributed by atoms with Crippen molar-refractivity contribution in [3.05, 3.63) is 41.3 Å². The molecule has 0 atom stereocenters. The lowest BCUT2D eigenvalue weighted by atomic mass is 9.94. The Kier molecular flexibility index (Phi) is 10.6. The second-order valence-corrected chi connectivity index (χ2v) is 15.6. The molecule has 167 valence electrons. The van der Waals surface area contributed by atoms with E-state index in [1.54, 1.807) is 12.5 Å². The van der Waals surface area contributed by atoms with Crippen molar-refractivity contribution in [3.63, 3.8) is 0 Å². The summed E-state index contributed by atoms with van der Waals surface area (Å²) < 4.78 is -13.5.